The quantitative estimate of drug-likeness (QED) is 0.801. The van der Waals surface area contributed by atoms with Gasteiger partial charge in [-0.1, -0.05) is 28.9 Å². The number of aliphatic carboxylic acids is 1. The lowest BCUT2D eigenvalue weighted by molar-refractivity contribution is -0.145. The van der Waals surface area contributed by atoms with Crippen LogP contribution in [0.25, 0.3) is 0 Å². The summed E-state index contributed by atoms with van der Waals surface area (Å²) in [5, 5.41) is 16.0. The van der Waals surface area contributed by atoms with Crippen LogP contribution >= 0.6 is 15.9 Å². The molecule has 1 saturated heterocycles. The zero-order valence-electron chi connectivity index (χ0n) is 10.2. The smallest absolute Gasteiger partial charge is 0.329 e. The van der Waals surface area contributed by atoms with Gasteiger partial charge in [-0.3, -0.25) is 0 Å². The van der Waals surface area contributed by atoms with Gasteiger partial charge in [0.15, 0.2) is 0 Å². The molecule has 0 amide bonds. The first-order chi connectivity index (χ1) is 8.54. The van der Waals surface area contributed by atoms with Gasteiger partial charge in [-0.2, -0.15) is 0 Å². The standard InChI is InChI=1S/C13H17BrN2O2/c1-9-8-15-6-5-13(9,12(17)18)16-11-4-2-3-10(14)7-11/h2-4,7,9,15-16H,5-6,8H2,1H3,(H,17,18). The Morgan fingerprint density at radius 3 is 3.00 bits per heavy atom. The molecule has 1 fully saturated rings. The molecule has 0 saturated carbocycles. The van der Waals surface area contributed by atoms with Crippen molar-refractivity contribution in [2.45, 2.75) is 18.9 Å². The second kappa shape index (κ2) is 5.28. The summed E-state index contributed by atoms with van der Waals surface area (Å²) < 4.78 is 0.939. The zero-order chi connectivity index (χ0) is 13.2. The van der Waals surface area contributed by atoms with Gasteiger partial charge in [0.2, 0.25) is 0 Å². The molecule has 1 aromatic rings. The van der Waals surface area contributed by atoms with E-state index in [1.165, 1.54) is 0 Å². The number of anilines is 1. The van der Waals surface area contributed by atoms with Crippen LogP contribution in [0.15, 0.2) is 28.7 Å². The van der Waals surface area contributed by atoms with Crippen LogP contribution in [-0.4, -0.2) is 29.7 Å². The van der Waals surface area contributed by atoms with E-state index < -0.39 is 11.5 Å². The predicted octanol–water partition coefficient (Wildman–Crippen LogP) is 2.31. The maximum atomic E-state index is 11.7. The minimum absolute atomic E-state index is 0.0303. The second-order valence-corrected chi connectivity index (χ2v) is 5.68. The van der Waals surface area contributed by atoms with E-state index >= 15 is 0 Å². The Morgan fingerprint density at radius 2 is 2.39 bits per heavy atom. The highest BCUT2D eigenvalue weighted by Crippen LogP contribution is 2.30. The molecule has 4 nitrogen and oxygen atoms in total. The van der Waals surface area contributed by atoms with Crippen LogP contribution in [-0.2, 0) is 4.79 Å². The van der Waals surface area contributed by atoms with Crippen LogP contribution < -0.4 is 10.6 Å². The van der Waals surface area contributed by atoms with Crippen molar-refractivity contribution in [3.05, 3.63) is 28.7 Å². The molecular weight excluding hydrogens is 296 g/mol. The molecule has 2 rings (SSSR count). The number of carboxylic acids is 1. The van der Waals surface area contributed by atoms with Gasteiger partial charge in [-0.15, -0.1) is 0 Å². The molecule has 2 unspecified atom stereocenters. The van der Waals surface area contributed by atoms with E-state index in [9.17, 15) is 9.90 Å². The van der Waals surface area contributed by atoms with Crippen LogP contribution in [0.5, 0.6) is 0 Å². The van der Waals surface area contributed by atoms with Crippen molar-refractivity contribution in [3.8, 4) is 0 Å². The molecule has 2 atom stereocenters. The average Bonchev–Trinajstić information content (AvgIpc) is 2.32. The molecule has 3 N–H and O–H groups in total. The van der Waals surface area contributed by atoms with Crippen LogP contribution in [0.4, 0.5) is 5.69 Å². The van der Waals surface area contributed by atoms with Gasteiger partial charge in [0.25, 0.3) is 0 Å². The van der Waals surface area contributed by atoms with Crippen molar-refractivity contribution in [2.75, 3.05) is 18.4 Å². The lowest BCUT2D eigenvalue weighted by atomic mass is 9.79. The molecular formula is C13H17BrN2O2. The molecule has 0 bridgehead atoms. The summed E-state index contributed by atoms with van der Waals surface area (Å²) in [6, 6.07) is 7.61. The molecule has 0 spiro atoms. The Morgan fingerprint density at radius 1 is 1.61 bits per heavy atom. The fourth-order valence-corrected chi connectivity index (χ4v) is 2.80. The molecule has 0 radical (unpaired) electrons. The number of hydrogen-bond acceptors (Lipinski definition) is 3. The summed E-state index contributed by atoms with van der Waals surface area (Å²) in [4.78, 5) is 11.7. The number of nitrogens with one attached hydrogen (secondary N) is 2. The summed E-state index contributed by atoms with van der Waals surface area (Å²) in [6.45, 7) is 3.40. The average molecular weight is 313 g/mol. The number of rotatable bonds is 3. The molecule has 1 aromatic carbocycles. The lowest BCUT2D eigenvalue weighted by Gasteiger charge is -2.40. The van der Waals surface area contributed by atoms with Crippen LogP contribution in [0.3, 0.4) is 0 Å². The highest BCUT2D eigenvalue weighted by molar-refractivity contribution is 9.10. The van der Waals surface area contributed by atoms with Gasteiger partial charge in [0.05, 0.1) is 0 Å². The SMILES string of the molecule is CC1CNCCC1(Nc1cccc(Br)c1)C(=O)O. The molecule has 1 heterocycles. The molecule has 5 heteroatoms. The summed E-state index contributed by atoms with van der Waals surface area (Å²) in [5.74, 6) is -0.751. The first-order valence-electron chi connectivity index (χ1n) is 6.02. The minimum atomic E-state index is -0.883. The van der Waals surface area contributed by atoms with E-state index in [2.05, 4.69) is 26.6 Å². The third-order valence-corrected chi connectivity index (χ3v) is 4.05. The Bertz CT molecular complexity index is 452. The van der Waals surface area contributed by atoms with Gasteiger partial charge in [-0.25, -0.2) is 4.79 Å². The summed E-state index contributed by atoms with van der Waals surface area (Å²) in [5.41, 5.74) is -0.0491. The number of carboxylic acid groups (broad SMARTS) is 1. The van der Waals surface area contributed by atoms with Crippen LogP contribution in [0.1, 0.15) is 13.3 Å². The second-order valence-electron chi connectivity index (χ2n) is 4.77. The number of piperidine rings is 1. The molecule has 98 valence electrons. The molecule has 1 aliphatic heterocycles. The minimum Gasteiger partial charge on any atom is -0.479 e. The van der Waals surface area contributed by atoms with E-state index in [-0.39, 0.29) is 5.92 Å². The third-order valence-electron chi connectivity index (χ3n) is 3.56. The molecule has 0 aliphatic carbocycles. The van der Waals surface area contributed by atoms with E-state index in [4.69, 9.17) is 0 Å². The van der Waals surface area contributed by atoms with Crippen molar-refractivity contribution in [1.82, 2.24) is 5.32 Å². The largest absolute Gasteiger partial charge is 0.479 e. The van der Waals surface area contributed by atoms with Crippen molar-refractivity contribution in [3.63, 3.8) is 0 Å². The van der Waals surface area contributed by atoms with Gasteiger partial charge in [-0.05, 0) is 31.2 Å². The Kier molecular flexibility index (Phi) is 3.92. The summed E-state index contributed by atoms with van der Waals surface area (Å²) in [6.07, 6.45) is 0.579. The monoisotopic (exact) mass is 312 g/mol. The van der Waals surface area contributed by atoms with Crippen molar-refractivity contribution in [2.24, 2.45) is 5.92 Å². The van der Waals surface area contributed by atoms with E-state index in [0.29, 0.717) is 13.0 Å². The zero-order valence-corrected chi connectivity index (χ0v) is 11.8. The van der Waals surface area contributed by atoms with Crippen molar-refractivity contribution in [1.29, 1.82) is 0 Å². The maximum absolute atomic E-state index is 11.7. The van der Waals surface area contributed by atoms with Gasteiger partial charge >= 0.3 is 5.97 Å². The third kappa shape index (κ3) is 2.52. The lowest BCUT2D eigenvalue weighted by Crippen LogP contribution is -2.59. The normalized spacial score (nSPS) is 27.8. The van der Waals surface area contributed by atoms with Gasteiger partial charge in [0.1, 0.15) is 5.54 Å². The van der Waals surface area contributed by atoms with E-state index in [1.54, 1.807) is 0 Å². The van der Waals surface area contributed by atoms with E-state index in [1.807, 2.05) is 31.2 Å². The van der Waals surface area contributed by atoms with Gasteiger partial charge in [0, 0.05) is 22.6 Å². The number of hydrogen-bond donors (Lipinski definition) is 3. The highest BCUT2D eigenvalue weighted by atomic mass is 79.9. The van der Waals surface area contributed by atoms with Crippen LogP contribution in [0, 0.1) is 5.92 Å². The Balaban J connectivity index is 2.28. The van der Waals surface area contributed by atoms with Gasteiger partial charge < -0.3 is 15.7 Å². The first kappa shape index (κ1) is 13.4. The fraction of sp³-hybridized carbons (Fsp3) is 0.462. The van der Waals surface area contributed by atoms with E-state index in [0.717, 1.165) is 16.7 Å². The molecule has 1 aliphatic rings. The summed E-state index contributed by atoms with van der Waals surface area (Å²) >= 11 is 3.40. The van der Waals surface area contributed by atoms with Crippen molar-refractivity contribution >= 4 is 27.6 Å². The highest BCUT2D eigenvalue weighted by Gasteiger charge is 2.45. The fourth-order valence-electron chi connectivity index (χ4n) is 2.41. The summed E-state index contributed by atoms with van der Waals surface area (Å²) in [7, 11) is 0. The Labute approximate surface area is 115 Å². The number of benzene rings is 1. The predicted molar refractivity (Wildman–Crippen MR) is 74.8 cm³/mol. The number of halogens is 1. The number of carbonyl (C=O) groups is 1. The topological polar surface area (TPSA) is 61.4 Å². The molecule has 0 aromatic heterocycles. The van der Waals surface area contributed by atoms with Crippen LogP contribution in [0.2, 0.25) is 0 Å². The van der Waals surface area contributed by atoms with Crippen molar-refractivity contribution < 1.29 is 9.90 Å². The maximum Gasteiger partial charge on any atom is 0.329 e. The Hall–Kier alpha value is -1.07. The first-order valence-corrected chi connectivity index (χ1v) is 6.82. The molecule has 18 heavy (non-hydrogen) atoms.